The summed E-state index contributed by atoms with van der Waals surface area (Å²) in [5.74, 6) is -0.304. The highest BCUT2D eigenvalue weighted by Crippen LogP contribution is 2.21. The molecule has 0 aliphatic carbocycles. The van der Waals surface area contributed by atoms with Gasteiger partial charge in [-0.2, -0.15) is 0 Å². The fourth-order valence-electron chi connectivity index (χ4n) is 1.26. The molecule has 0 radical (unpaired) electrons. The van der Waals surface area contributed by atoms with E-state index in [1.54, 1.807) is 19.0 Å². The standard InChI is InChI=1S/C11H16ClFN4O2S/c1-17(2)11(14)15-5-6-16-20(18,19)10-4-3-8(13)7-9(10)12/h3-4,7,16H,5-6H2,1-2H3,(H2,14,15). The zero-order chi connectivity index (χ0) is 15.3. The lowest BCUT2D eigenvalue weighted by Gasteiger charge is -2.11. The van der Waals surface area contributed by atoms with Crippen LogP contribution < -0.4 is 10.5 Å². The molecule has 1 rings (SSSR count). The van der Waals surface area contributed by atoms with E-state index < -0.39 is 15.8 Å². The summed E-state index contributed by atoms with van der Waals surface area (Å²) in [6.07, 6.45) is 0. The van der Waals surface area contributed by atoms with E-state index in [1.807, 2.05) is 0 Å². The molecule has 1 aromatic carbocycles. The summed E-state index contributed by atoms with van der Waals surface area (Å²) in [6, 6.07) is 3.08. The average Bonchev–Trinajstić information content (AvgIpc) is 2.33. The molecular weight excluding hydrogens is 307 g/mol. The van der Waals surface area contributed by atoms with Gasteiger partial charge in [-0.15, -0.1) is 0 Å². The second-order valence-corrected chi connectivity index (χ2v) is 6.25. The van der Waals surface area contributed by atoms with Crippen LogP contribution in [0.3, 0.4) is 0 Å². The monoisotopic (exact) mass is 322 g/mol. The van der Waals surface area contributed by atoms with Gasteiger partial charge in [0.15, 0.2) is 5.96 Å². The highest BCUT2D eigenvalue weighted by Gasteiger charge is 2.17. The van der Waals surface area contributed by atoms with E-state index in [0.29, 0.717) is 5.96 Å². The SMILES string of the molecule is CN(C)C(N)=NCCNS(=O)(=O)c1ccc(F)cc1Cl. The minimum atomic E-state index is -3.80. The molecule has 0 amide bonds. The normalized spacial score (nSPS) is 12.5. The van der Waals surface area contributed by atoms with Crippen molar-refractivity contribution >= 4 is 27.6 Å². The van der Waals surface area contributed by atoms with Crippen molar-refractivity contribution < 1.29 is 12.8 Å². The predicted octanol–water partition coefficient (Wildman–Crippen LogP) is 0.634. The van der Waals surface area contributed by atoms with E-state index in [9.17, 15) is 12.8 Å². The first-order valence-corrected chi connectivity index (χ1v) is 7.52. The summed E-state index contributed by atoms with van der Waals surface area (Å²) in [4.78, 5) is 5.38. The molecule has 20 heavy (non-hydrogen) atoms. The van der Waals surface area contributed by atoms with Crippen molar-refractivity contribution in [1.82, 2.24) is 9.62 Å². The Labute approximate surface area is 122 Å². The number of hydrogen-bond donors (Lipinski definition) is 2. The maximum Gasteiger partial charge on any atom is 0.242 e. The van der Waals surface area contributed by atoms with E-state index in [1.165, 1.54) is 0 Å². The van der Waals surface area contributed by atoms with Gasteiger partial charge in [0.05, 0.1) is 11.6 Å². The fraction of sp³-hybridized carbons (Fsp3) is 0.364. The van der Waals surface area contributed by atoms with Crippen LogP contribution in [0.25, 0.3) is 0 Å². The number of sulfonamides is 1. The maximum absolute atomic E-state index is 12.9. The molecule has 0 saturated heterocycles. The predicted molar refractivity (Wildman–Crippen MR) is 76.8 cm³/mol. The van der Waals surface area contributed by atoms with Crippen LogP contribution in [0.4, 0.5) is 4.39 Å². The molecule has 3 N–H and O–H groups in total. The molecule has 0 aromatic heterocycles. The van der Waals surface area contributed by atoms with Crippen molar-refractivity contribution in [3.63, 3.8) is 0 Å². The number of nitrogens with one attached hydrogen (secondary N) is 1. The summed E-state index contributed by atoms with van der Waals surface area (Å²) in [7, 11) is -0.351. The van der Waals surface area contributed by atoms with Gasteiger partial charge >= 0.3 is 0 Å². The second-order valence-electron chi connectivity index (χ2n) is 4.11. The van der Waals surface area contributed by atoms with Gasteiger partial charge in [-0.05, 0) is 18.2 Å². The largest absolute Gasteiger partial charge is 0.370 e. The van der Waals surface area contributed by atoms with Gasteiger partial charge in [0.25, 0.3) is 0 Å². The van der Waals surface area contributed by atoms with Gasteiger partial charge in [0.2, 0.25) is 10.0 Å². The molecule has 0 unspecified atom stereocenters. The quantitative estimate of drug-likeness (QED) is 0.473. The first kappa shape index (κ1) is 16.7. The van der Waals surface area contributed by atoms with Crippen molar-refractivity contribution in [2.75, 3.05) is 27.2 Å². The zero-order valence-corrected chi connectivity index (χ0v) is 12.7. The third kappa shape index (κ3) is 4.62. The lowest BCUT2D eigenvalue weighted by molar-refractivity contribution is 0.580. The molecule has 0 saturated carbocycles. The van der Waals surface area contributed by atoms with E-state index in [-0.39, 0.29) is 23.0 Å². The molecular formula is C11H16ClFN4O2S. The molecule has 0 spiro atoms. The first-order chi connectivity index (χ1) is 9.24. The van der Waals surface area contributed by atoms with Gasteiger partial charge in [-0.3, -0.25) is 4.99 Å². The molecule has 0 fully saturated rings. The van der Waals surface area contributed by atoms with Gasteiger partial charge in [-0.25, -0.2) is 17.5 Å². The molecule has 0 aliphatic heterocycles. The van der Waals surface area contributed by atoms with Gasteiger partial charge in [0.1, 0.15) is 10.7 Å². The number of halogens is 2. The number of nitrogens with two attached hydrogens (primary N) is 1. The highest BCUT2D eigenvalue weighted by molar-refractivity contribution is 7.89. The minimum absolute atomic E-state index is 0.0601. The average molecular weight is 323 g/mol. The Hall–Kier alpha value is -1.38. The summed E-state index contributed by atoms with van der Waals surface area (Å²) in [6.45, 7) is 0.243. The van der Waals surface area contributed by atoms with Crippen LogP contribution in [0.15, 0.2) is 28.1 Å². The van der Waals surface area contributed by atoms with Gasteiger partial charge < -0.3 is 10.6 Å². The number of hydrogen-bond acceptors (Lipinski definition) is 3. The van der Waals surface area contributed by atoms with Crippen LogP contribution in [-0.4, -0.2) is 46.5 Å². The van der Waals surface area contributed by atoms with Crippen LogP contribution in [0.1, 0.15) is 0 Å². The number of aliphatic imine (C=N–C) groups is 1. The molecule has 9 heteroatoms. The van der Waals surface area contributed by atoms with Crippen LogP contribution in [0, 0.1) is 5.82 Å². The van der Waals surface area contributed by atoms with E-state index in [4.69, 9.17) is 17.3 Å². The Morgan fingerprint density at radius 1 is 1.50 bits per heavy atom. The van der Waals surface area contributed by atoms with E-state index >= 15 is 0 Å². The molecule has 112 valence electrons. The molecule has 1 aromatic rings. The summed E-state index contributed by atoms with van der Waals surface area (Å²) in [5.41, 5.74) is 5.55. The topological polar surface area (TPSA) is 87.8 Å². The zero-order valence-electron chi connectivity index (χ0n) is 11.1. The van der Waals surface area contributed by atoms with Crippen molar-refractivity contribution in [1.29, 1.82) is 0 Å². The van der Waals surface area contributed by atoms with Gasteiger partial charge in [-0.1, -0.05) is 11.6 Å². The number of benzene rings is 1. The summed E-state index contributed by atoms with van der Waals surface area (Å²) < 4.78 is 39.1. The Kier molecular flexibility index (Phi) is 5.73. The number of nitrogens with zero attached hydrogens (tertiary/aromatic N) is 2. The third-order valence-corrected chi connectivity index (χ3v) is 4.26. The molecule has 0 bridgehead atoms. The van der Waals surface area contributed by atoms with Crippen LogP contribution in [0.2, 0.25) is 5.02 Å². The molecule has 0 heterocycles. The highest BCUT2D eigenvalue weighted by atomic mass is 35.5. The fourth-order valence-corrected chi connectivity index (χ4v) is 2.81. The first-order valence-electron chi connectivity index (χ1n) is 5.66. The van der Waals surface area contributed by atoms with Gasteiger partial charge in [0, 0.05) is 20.6 Å². The maximum atomic E-state index is 12.9. The number of guanidine groups is 1. The second kappa shape index (κ2) is 6.87. The Balaban J connectivity index is 2.69. The smallest absolute Gasteiger partial charge is 0.242 e. The third-order valence-electron chi connectivity index (χ3n) is 2.32. The van der Waals surface area contributed by atoms with Crippen LogP contribution in [0.5, 0.6) is 0 Å². The van der Waals surface area contributed by atoms with E-state index in [0.717, 1.165) is 18.2 Å². The number of rotatable bonds is 5. The van der Waals surface area contributed by atoms with E-state index in [2.05, 4.69) is 9.71 Å². The lowest BCUT2D eigenvalue weighted by atomic mass is 10.3. The van der Waals surface area contributed by atoms with Crippen LogP contribution in [-0.2, 0) is 10.0 Å². The van der Waals surface area contributed by atoms with Crippen molar-refractivity contribution in [2.24, 2.45) is 10.7 Å². The molecule has 0 aliphatic rings. The summed E-state index contributed by atoms with van der Waals surface area (Å²) >= 11 is 5.71. The van der Waals surface area contributed by atoms with Crippen molar-refractivity contribution in [3.8, 4) is 0 Å². The Morgan fingerprint density at radius 3 is 2.70 bits per heavy atom. The van der Waals surface area contributed by atoms with Crippen molar-refractivity contribution in [3.05, 3.63) is 29.0 Å². The minimum Gasteiger partial charge on any atom is -0.370 e. The Bertz CT molecular complexity index is 604. The molecule has 0 atom stereocenters. The Morgan fingerprint density at radius 2 is 2.15 bits per heavy atom. The molecule has 6 nitrogen and oxygen atoms in total. The summed E-state index contributed by atoms with van der Waals surface area (Å²) in [5, 5.41) is -0.172. The van der Waals surface area contributed by atoms with Crippen LogP contribution >= 0.6 is 11.6 Å². The van der Waals surface area contributed by atoms with Crippen molar-refractivity contribution in [2.45, 2.75) is 4.90 Å². The lowest BCUT2D eigenvalue weighted by Crippen LogP contribution is -2.32.